The lowest BCUT2D eigenvalue weighted by Crippen LogP contribution is -2.35. The molecule has 2 aromatic carbocycles. The molecule has 0 radical (unpaired) electrons. The van der Waals surface area contributed by atoms with Crippen molar-refractivity contribution in [3.8, 4) is 0 Å². The Labute approximate surface area is 160 Å². The molecule has 2 aromatic rings. The number of ketones is 1. The first-order chi connectivity index (χ1) is 13.2. The van der Waals surface area contributed by atoms with Crippen LogP contribution in [0.2, 0.25) is 0 Å². The molecule has 0 saturated carbocycles. The minimum Gasteiger partial charge on any atom is -0.395 e. The number of carbonyl (C=O) groups is 2. The van der Waals surface area contributed by atoms with Crippen molar-refractivity contribution in [2.75, 3.05) is 19.7 Å². The SMILES string of the molecule is O=C(CCC(=O)N(CCO)CCc1ccccc1)c1ccc2c(c1)CCC2. The van der Waals surface area contributed by atoms with Gasteiger partial charge in [-0.25, -0.2) is 0 Å². The highest BCUT2D eigenvalue weighted by Gasteiger charge is 2.17. The Morgan fingerprint density at radius 1 is 0.926 bits per heavy atom. The number of aliphatic hydroxyl groups excluding tert-OH is 1. The van der Waals surface area contributed by atoms with Crippen molar-refractivity contribution in [1.82, 2.24) is 4.90 Å². The standard InChI is InChI=1S/C23H27NO3/c25-16-15-24(14-13-18-5-2-1-3-6-18)23(27)12-11-22(26)21-10-9-19-7-4-8-20(19)17-21/h1-3,5-6,9-10,17,25H,4,7-8,11-16H2. The fourth-order valence-electron chi connectivity index (χ4n) is 3.66. The van der Waals surface area contributed by atoms with E-state index in [0.29, 0.717) is 18.7 Å². The Morgan fingerprint density at radius 2 is 1.70 bits per heavy atom. The maximum Gasteiger partial charge on any atom is 0.223 e. The Morgan fingerprint density at radius 3 is 2.48 bits per heavy atom. The average molecular weight is 365 g/mol. The highest BCUT2D eigenvalue weighted by molar-refractivity contribution is 5.98. The summed E-state index contributed by atoms with van der Waals surface area (Å²) in [7, 11) is 0. The van der Waals surface area contributed by atoms with Crippen LogP contribution >= 0.6 is 0 Å². The lowest BCUT2D eigenvalue weighted by Gasteiger charge is -2.21. The van der Waals surface area contributed by atoms with E-state index in [1.165, 1.54) is 11.1 Å². The minimum absolute atomic E-state index is 0.0186. The molecular weight excluding hydrogens is 338 g/mol. The maximum atomic E-state index is 12.5. The normalized spacial score (nSPS) is 12.6. The number of fused-ring (bicyclic) bond motifs is 1. The first-order valence-electron chi connectivity index (χ1n) is 9.75. The zero-order valence-electron chi connectivity index (χ0n) is 15.7. The van der Waals surface area contributed by atoms with Crippen LogP contribution in [0.5, 0.6) is 0 Å². The smallest absolute Gasteiger partial charge is 0.223 e. The van der Waals surface area contributed by atoms with E-state index in [-0.39, 0.29) is 31.1 Å². The summed E-state index contributed by atoms with van der Waals surface area (Å²) in [5.74, 6) is -0.0560. The first kappa shape index (κ1) is 19.3. The van der Waals surface area contributed by atoms with Gasteiger partial charge >= 0.3 is 0 Å². The largest absolute Gasteiger partial charge is 0.395 e. The fraction of sp³-hybridized carbons (Fsp3) is 0.391. The molecule has 3 rings (SSSR count). The van der Waals surface area contributed by atoms with Crippen molar-refractivity contribution in [3.05, 3.63) is 70.8 Å². The van der Waals surface area contributed by atoms with E-state index in [2.05, 4.69) is 6.07 Å². The summed E-state index contributed by atoms with van der Waals surface area (Å²) in [5, 5.41) is 9.27. The molecule has 1 N–H and O–H groups in total. The summed E-state index contributed by atoms with van der Waals surface area (Å²) in [6.07, 6.45) is 4.43. The van der Waals surface area contributed by atoms with E-state index < -0.39 is 0 Å². The van der Waals surface area contributed by atoms with E-state index >= 15 is 0 Å². The molecule has 0 atom stereocenters. The molecular formula is C23H27NO3. The Kier molecular flexibility index (Phi) is 6.77. The van der Waals surface area contributed by atoms with Gasteiger partial charge in [0.1, 0.15) is 0 Å². The molecule has 1 aliphatic rings. The molecule has 0 fully saturated rings. The minimum atomic E-state index is -0.0745. The zero-order chi connectivity index (χ0) is 19.1. The Hall–Kier alpha value is -2.46. The molecule has 1 aliphatic carbocycles. The Bertz CT molecular complexity index is 785. The van der Waals surface area contributed by atoms with Gasteiger partial charge in [0.15, 0.2) is 5.78 Å². The fourth-order valence-corrected chi connectivity index (χ4v) is 3.66. The molecule has 27 heavy (non-hydrogen) atoms. The van der Waals surface area contributed by atoms with Gasteiger partial charge in [-0.3, -0.25) is 9.59 Å². The number of aryl methyl sites for hydroxylation is 2. The van der Waals surface area contributed by atoms with Crippen LogP contribution in [0.4, 0.5) is 0 Å². The number of hydrogen-bond donors (Lipinski definition) is 1. The van der Waals surface area contributed by atoms with Gasteiger partial charge < -0.3 is 10.0 Å². The summed E-state index contributed by atoms with van der Waals surface area (Å²) < 4.78 is 0. The number of carbonyl (C=O) groups excluding carboxylic acids is 2. The van der Waals surface area contributed by atoms with Crippen LogP contribution in [0, 0.1) is 0 Å². The van der Waals surface area contributed by atoms with E-state index in [0.717, 1.165) is 31.2 Å². The summed E-state index contributed by atoms with van der Waals surface area (Å²) in [6.45, 7) is 0.786. The van der Waals surface area contributed by atoms with Crippen LogP contribution in [0.15, 0.2) is 48.5 Å². The third-order valence-electron chi connectivity index (χ3n) is 5.22. The lowest BCUT2D eigenvalue weighted by atomic mass is 10.0. The molecule has 4 heteroatoms. The van der Waals surface area contributed by atoms with Crippen molar-refractivity contribution < 1.29 is 14.7 Å². The second kappa shape index (κ2) is 9.47. The van der Waals surface area contributed by atoms with Gasteiger partial charge in [-0.15, -0.1) is 0 Å². The van der Waals surface area contributed by atoms with Gasteiger partial charge in [0.2, 0.25) is 5.91 Å². The molecule has 0 unspecified atom stereocenters. The van der Waals surface area contributed by atoms with Gasteiger partial charge in [0, 0.05) is 31.5 Å². The van der Waals surface area contributed by atoms with Crippen molar-refractivity contribution in [1.29, 1.82) is 0 Å². The number of amides is 1. The molecule has 142 valence electrons. The molecule has 4 nitrogen and oxygen atoms in total. The van der Waals surface area contributed by atoms with Gasteiger partial charge in [-0.1, -0.05) is 42.5 Å². The number of hydrogen-bond acceptors (Lipinski definition) is 3. The summed E-state index contributed by atoms with van der Waals surface area (Å²) in [5.41, 5.74) is 4.48. The van der Waals surface area contributed by atoms with E-state index in [9.17, 15) is 14.7 Å². The van der Waals surface area contributed by atoms with Crippen LogP contribution in [-0.4, -0.2) is 41.4 Å². The van der Waals surface area contributed by atoms with Crippen LogP contribution in [0.25, 0.3) is 0 Å². The van der Waals surface area contributed by atoms with E-state index in [1.54, 1.807) is 4.90 Å². The number of aliphatic hydroxyl groups is 1. The van der Waals surface area contributed by atoms with Crippen molar-refractivity contribution in [3.63, 3.8) is 0 Å². The number of nitrogens with zero attached hydrogens (tertiary/aromatic N) is 1. The van der Waals surface area contributed by atoms with Crippen molar-refractivity contribution in [2.45, 2.75) is 38.5 Å². The second-order valence-corrected chi connectivity index (χ2v) is 7.10. The average Bonchev–Trinajstić information content (AvgIpc) is 3.17. The highest BCUT2D eigenvalue weighted by atomic mass is 16.3. The summed E-state index contributed by atoms with van der Waals surface area (Å²) in [6, 6.07) is 15.9. The van der Waals surface area contributed by atoms with Gasteiger partial charge in [-0.05, 0) is 48.4 Å². The second-order valence-electron chi connectivity index (χ2n) is 7.10. The molecule has 0 heterocycles. The predicted octanol–water partition coefficient (Wildman–Crippen LogP) is 3.20. The zero-order valence-corrected chi connectivity index (χ0v) is 15.7. The number of Topliss-reactive ketones (excluding diaryl/α,β-unsaturated/α-hetero) is 1. The third-order valence-corrected chi connectivity index (χ3v) is 5.22. The van der Waals surface area contributed by atoms with Crippen LogP contribution in [0.1, 0.15) is 46.3 Å². The molecule has 0 aliphatic heterocycles. The van der Waals surface area contributed by atoms with Gasteiger partial charge in [-0.2, -0.15) is 0 Å². The highest BCUT2D eigenvalue weighted by Crippen LogP contribution is 2.23. The lowest BCUT2D eigenvalue weighted by molar-refractivity contribution is -0.131. The molecule has 0 spiro atoms. The van der Waals surface area contributed by atoms with Crippen LogP contribution < -0.4 is 0 Å². The first-order valence-corrected chi connectivity index (χ1v) is 9.75. The quantitative estimate of drug-likeness (QED) is 0.694. The monoisotopic (exact) mass is 365 g/mol. The number of rotatable bonds is 9. The maximum absolute atomic E-state index is 12.5. The van der Waals surface area contributed by atoms with Gasteiger partial charge in [0.25, 0.3) is 0 Å². The summed E-state index contributed by atoms with van der Waals surface area (Å²) in [4.78, 5) is 26.7. The third kappa shape index (κ3) is 5.27. The molecule has 0 aromatic heterocycles. The van der Waals surface area contributed by atoms with Crippen LogP contribution in [-0.2, 0) is 24.1 Å². The van der Waals surface area contributed by atoms with Crippen LogP contribution in [0.3, 0.4) is 0 Å². The van der Waals surface area contributed by atoms with E-state index in [4.69, 9.17) is 0 Å². The van der Waals surface area contributed by atoms with Gasteiger partial charge in [0.05, 0.1) is 6.61 Å². The number of benzene rings is 2. The predicted molar refractivity (Wildman–Crippen MR) is 106 cm³/mol. The molecule has 0 bridgehead atoms. The molecule has 1 amide bonds. The van der Waals surface area contributed by atoms with Crippen molar-refractivity contribution >= 4 is 11.7 Å². The Balaban J connectivity index is 1.53. The molecule has 0 saturated heterocycles. The topological polar surface area (TPSA) is 57.6 Å². The van der Waals surface area contributed by atoms with E-state index in [1.807, 2.05) is 42.5 Å². The summed E-state index contributed by atoms with van der Waals surface area (Å²) >= 11 is 0. The van der Waals surface area contributed by atoms with Crippen molar-refractivity contribution in [2.24, 2.45) is 0 Å².